The van der Waals surface area contributed by atoms with Gasteiger partial charge in [0.15, 0.2) is 0 Å². The van der Waals surface area contributed by atoms with Crippen LogP contribution in [-0.4, -0.2) is 28.7 Å². The standard InChI is InChI=1S/C14H14N2O2/c1-15-12-4-2-3-5-13(12)16-9-10-6-7-11(17)8-14(10)18/h2-8,17-18H,9H2,1H3. The Bertz CT molecular complexity index is 569. The first-order chi connectivity index (χ1) is 8.70. The van der Waals surface area contributed by atoms with Gasteiger partial charge in [-0.05, 0) is 24.3 Å². The lowest BCUT2D eigenvalue weighted by atomic mass is 10.1. The van der Waals surface area contributed by atoms with Crippen molar-refractivity contribution in [3.05, 3.63) is 48.1 Å². The molecule has 0 saturated carbocycles. The molecular formula is C14H14N2O2. The molecule has 0 aliphatic heterocycles. The highest BCUT2D eigenvalue weighted by Gasteiger charge is 2.06. The van der Waals surface area contributed by atoms with Crippen molar-refractivity contribution in [2.24, 2.45) is 9.98 Å². The third-order valence-electron chi connectivity index (χ3n) is 2.61. The van der Waals surface area contributed by atoms with Crippen molar-refractivity contribution in [3.8, 4) is 11.5 Å². The number of phenolic OH excluding ortho intramolecular Hbond substituents is 2. The maximum atomic E-state index is 9.65. The van der Waals surface area contributed by atoms with Crippen LogP contribution in [0.25, 0.3) is 0 Å². The second kappa shape index (κ2) is 5.31. The largest absolute Gasteiger partial charge is 0.508 e. The molecule has 4 heteroatoms. The van der Waals surface area contributed by atoms with Crippen LogP contribution >= 0.6 is 0 Å². The van der Waals surface area contributed by atoms with E-state index < -0.39 is 0 Å². The summed E-state index contributed by atoms with van der Waals surface area (Å²) in [7, 11) is 1.71. The highest BCUT2D eigenvalue weighted by Crippen LogP contribution is 2.23. The summed E-state index contributed by atoms with van der Waals surface area (Å²) in [5, 5.41) is 18.9. The van der Waals surface area contributed by atoms with Gasteiger partial charge in [-0.2, -0.15) is 0 Å². The van der Waals surface area contributed by atoms with Gasteiger partial charge in [0.2, 0.25) is 0 Å². The molecule has 18 heavy (non-hydrogen) atoms. The fraction of sp³-hybridized carbons (Fsp3) is 0.143. The molecular weight excluding hydrogens is 228 g/mol. The molecule has 1 aliphatic rings. The Kier molecular flexibility index (Phi) is 3.57. The first-order valence-corrected chi connectivity index (χ1v) is 5.58. The van der Waals surface area contributed by atoms with E-state index in [1.54, 1.807) is 13.1 Å². The number of rotatable bonds is 2. The normalized spacial score (nSPS) is 18.7. The molecule has 2 N–H and O–H groups in total. The average Bonchev–Trinajstić information content (AvgIpc) is 2.38. The Morgan fingerprint density at radius 1 is 1.06 bits per heavy atom. The van der Waals surface area contributed by atoms with Crippen LogP contribution in [0.3, 0.4) is 0 Å². The summed E-state index contributed by atoms with van der Waals surface area (Å²) in [6.45, 7) is 0.346. The minimum absolute atomic E-state index is 0.0419. The van der Waals surface area contributed by atoms with Crippen LogP contribution in [0.1, 0.15) is 5.56 Å². The predicted octanol–water partition coefficient (Wildman–Crippen LogP) is 2.24. The van der Waals surface area contributed by atoms with Crippen LogP contribution in [0, 0.1) is 0 Å². The van der Waals surface area contributed by atoms with Gasteiger partial charge in [0.05, 0.1) is 18.0 Å². The molecule has 0 spiro atoms. The van der Waals surface area contributed by atoms with Crippen LogP contribution < -0.4 is 0 Å². The van der Waals surface area contributed by atoms with Gasteiger partial charge >= 0.3 is 0 Å². The number of hydrogen-bond acceptors (Lipinski definition) is 4. The summed E-state index contributed by atoms with van der Waals surface area (Å²) in [4.78, 5) is 8.53. The Morgan fingerprint density at radius 2 is 1.78 bits per heavy atom. The van der Waals surface area contributed by atoms with E-state index in [2.05, 4.69) is 9.98 Å². The molecule has 0 radical (unpaired) electrons. The fourth-order valence-corrected chi connectivity index (χ4v) is 1.64. The number of benzene rings is 1. The first kappa shape index (κ1) is 12.1. The molecule has 4 nitrogen and oxygen atoms in total. The highest BCUT2D eigenvalue weighted by atomic mass is 16.3. The average molecular weight is 242 g/mol. The summed E-state index contributed by atoms with van der Waals surface area (Å²) < 4.78 is 0. The van der Waals surface area contributed by atoms with E-state index in [4.69, 9.17) is 0 Å². The van der Waals surface area contributed by atoms with Crippen LogP contribution in [0.4, 0.5) is 0 Å². The lowest BCUT2D eigenvalue weighted by molar-refractivity contribution is 0.446. The van der Waals surface area contributed by atoms with Crippen molar-refractivity contribution < 1.29 is 10.2 Å². The van der Waals surface area contributed by atoms with E-state index in [-0.39, 0.29) is 11.5 Å². The topological polar surface area (TPSA) is 65.2 Å². The van der Waals surface area contributed by atoms with Crippen molar-refractivity contribution in [1.29, 1.82) is 0 Å². The molecule has 0 unspecified atom stereocenters. The van der Waals surface area contributed by atoms with E-state index in [1.807, 2.05) is 24.3 Å². The van der Waals surface area contributed by atoms with Crippen LogP contribution in [0.5, 0.6) is 11.5 Å². The summed E-state index contributed by atoms with van der Waals surface area (Å²) in [6.07, 6.45) is 7.55. The monoisotopic (exact) mass is 242 g/mol. The van der Waals surface area contributed by atoms with E-state index in [9.17, 15) is 10.2 Å². The zero-order valence-electron chi connectivity index (χ0n) is 10.0. The molecule has 1 aromatic rings. The molecule has 1 aliphatic carbocycles. The van der Waals surface area contributed by atoms with Crippen molar-refractivity contribution >= 4 is 11.4 Å². The van der Waals surface area contributed by atoms with Crippen LogP contribution in [-0.2, 0) is 6.54 Å². The Labute approximate surface area is 105 Å². The molecule has 92 valence electrons. The van der Waals surface area contributed by atoms with Crippen molar-refractivity contribution in [2.45, 2.75) is 6.54 Å². The Hall–Kier alpha value is -2.36. The summed E-state index contributed by atoms with van der Waals surface area (Å²) in [6, 6.07) is 4.49. The summed E-state index contributed by atoms with van der Waals surface area (Å²) in [5.74, 6) is 0.0878. The van der Waals surface area contributed by atoms with E-state index in [1.165, 1.54) is 12.1 Å². The molecule has 0 saturated heterocycles. The zero-order valence-corrected chi connectivity index (χ0v) is 10.0. The first-order valence-electron chi connectivity index (χ1n) is 5.58. The van der Waals surface area contributed by atoms with Gasteiger partial charge in [-0.25, -0.2) is 0 Å². The van der Waals surface area contributed by atoms with E-state index in [0.717, 1.165) is 11.4 Å². The highest BCUT2D eigenvalue weighted by molar-refractivity contribution is 6.51. The minimum Gasteiger partial charge on any atom is -0.508 e. The molecule has 1 aromatic carbocycles. The third-order valence-corrected chi connectivity index (χ3v) is 2.61. The molecule has 0 fully saturated rings. The fourth-order valence-electron chi connectivity index (χ4n) is 1.64. The molecule has 2 rings (SSSR count). The van der Waals surface area contributed by atoms with Gasteiger partial charge in [0, 0.05) is 18.7 Å². The summed E-state index contributed by atoms with van der Waals surface area (Å²) in [5.41, 5.74) is 2.27. The van der Waals surface area contributed by atoms with Crippen LogP contribution in [0.2, 0.25) is 0 Å². The van der Waals surface area contributed by atoms with Gasteiger partial charge in [-0.3, -0.25) is 9.98 Å². The molecule has 0 aromatic heterocycles. The quantitative estimate of drug-likeness (QED) is 0.781. The van der Waals surface area contributed by atoms with E-state index >= 15 is 0 Å². The maximum Gasteiger partial charge on any atom is 0.124 e. The second-order valence-electron chi connectivity index (χ2n) is 3.84. The number of aliphatic imine (C=N–C) groups is 2. The smallest absolute Gasteiger partial charge is 0.124 e. The summed E-state index contributed by atoms with van der Waals surface area (Å²) >= 11 is 0. The maximum absolute atomic E-state index is 9.65. The lowest BCUT2D eigenvalue weighted by Gasteiger charge is -2.06. The number of aromatic hydroxyl groups is 2. The lowest BCUT2D eigenvalue weighted by Crippen LogP contribution is -2.11. The zero-order chi connectivity index (χ0) is 13.0. The predicted molar refractivity (Wildman–Crippen MR) is 72.5 cm³/mol. The Morgan fingerprint density at radius 3 is 2.44 bits per heavy atom. The van der Waals surface area contributed by atoms with Gasteiger partial charge in [0.1, 0.15) is 11.5 Å². The number of nitrogens with zero attached hydrogens (tertiary/aromatic N) is 2. The van der Waals surface area contributed by atoms with Gasteiger partial charge in [-0.1, -0.05) is 12.2 Å². The van der Waals surface area contributed by atoms with Gasteiger partial charge < -0.3 is 10.2 Å². The molecule has 0 atom stereocenters. The van der Waals surface area contributed by atoms with Gasteiger partial charge in [0.25, 0.3) is 0 Å². The third kappa shape index (κ3) is 2.66. The number of phenols is 2. The SMILES string of the molecule is CN=C1C=CC=CC1=NCc1ccc(O)cc1O. The molecule has 0 heterocycles. The van der Waals surface area contributed by atoms with Crippen molar-refractivity contribution in [2.75, 3.05) is 7.05 Å². The van der Waals surface area contributed by atoms with Gasteiger partial charge in [-0.15, -0.1) is 0 Å². The van der Waals surface area contributed by atoms with Crippen molar-refractivity contribution in [3.63, 3.8) is 0 Å². The van der Waals surface area contributed by atoms with Crippen molar-refractivity contribution in [1.82, 2.24) is 0 Å². The molecule has 0 amide bonds. The van der Waals surface area contributed by atoms with Crippen LogP contribution in [0.15, 0.2) is 52.5 Å². The minimum atomic E-state index is 0.0419. The molecule has 0 bridgehead atoms. The number of hydrogen-bond donors (Lipinski definition) is 2. The Balaban J connectivity index is 2.20. The number of allylic oxidation sites excluding steroid dienone is 4. The van der Waals surface area contributed by atoms with E-state index in [0.29, 0.717) is 12.1 Å². The second-order valence-corrected chi connectivity index (χ2v) is 3.84.